The fourth-order valence-corrected chi connectivity index (χ4v) is 2.11. The molecule has 1 aliphatic heterocycles. The van der Waals surface area contributed by atoms with Crippen LogP contribution in [-0.4, -0.2) is 19.5 Å². The van der Waals surface area contributed by atoms with Gasteiger partial charge in [0.05, 0.1) is 18.2 Å². The molecule has 1 aromatic carbocycles. The molecule has 1 aromatic rings. The fraction of sp³-hybridized carbons (Fsp3) is 0.462. The Balaban J connectivity index is 2.42. The maximum absolute atomic E-state index is 10.6. The van der Waals surface area contributed by atoms with Gasteiger partial charge in [-0.05, 0) is 12.0 Å². The number of hydrogen-bond donors (Lipinski definition) is 0. The van der Waals surface area contributed by atoms with Crippen molar-refractivity contribution in [3.05, 3.63) is 22.7 Å². The van der Waals surface area contributed by atoms with E-state index in [1.54, 1.807) is 6.07 Å². The quantitative estimate of drug-likeness (QED) is 0.777. The van der Waals surface area contributed by atoms with E-state index in [1.807, 2.05) is 13.0 Å². The molecule has 0 radical (unpaired) electrons. The highest BCUT2D eigenvalue weighted by Crippen LogP contribution is 2.42. The number of carbonyl (C=O) groups excluding carboxylic acids is 1. The van der Waals surface area contributed by atoms with Crippen LogP contribution in [0, 0.1) is 0 Å². The summed E-state index contributed by atoms with van der Waals surface area (Å²) in [5.41, 5.74) is 0.985. The van der Waals surface area contributed by atoms with Gasteiger partial charge >= 0.3 is 0 Å². The van der Waals surface area contributed by atoms with Crippen molar-refractivity contribution < 1.29 is 14.3 Å². The molecule has 1 atom stereocenters. The molecular formula is C13H15ClO3. The van der Waals surface area contributed by atoms with Gasteiger partial charge in [0.15, 0.2) is 11.5 Å². The number of fused-ring (bicyclic) bond motifs is 1. The van der Waals surface area contributed by atoms with Crippen LogP contribution < -0.4 is 9.47 Å². The lowest BCUT2D eigenvalue weighted by molar-refractivity contribution is -0.108. The van der Waals surface area contributed by atoms with Gasteiger partial charge in [0.1, 0.15) is 6.29 Å². The molecule has 4 heteroatoms. The van der Waals surface area contributed by atoms with E-state index in [1.165, 1.54) is 0 Å². The summed E-state index contributed by atoms with van der Waals surface area (Å²) in [6.07, 6.45) is 2.23. The third-order valence-corrected chi connectivity index (χ3v) is 3.15. The molecule has 1 unspecified atom stereocenters. The van der Waals surface area contributed by atoms with Gasteiger partial charge in [-0.2, -0.15) is 0 Å². The lowest BCUT2D eigenvalue weighted by atomic mass is 9.97. The van der Waals surface area contributed by atoms with Gasteiger partial charge in [-0.25, -0.2) is 0 Å². The first kappa shape index (κ1) is 12.2. The molecule has 0 spiro atoms. The normalized spacial score (nSPS) is 16.1. The van der Waals surface area contributed by atoms with Crippen molar-refractivity contribution in [1.29, 1.82) is 0 Å². The summed E-state index contributed by atoms with van der Waals surface area (Å²) in [7, 11) is 0. The Kier molecular flexibility index (Phi) is 3.89. The Labute approximate surface area is 106 Å². The molecule has 92 valence electrons. The minimum atomic E-state index is 0.111. The zero-order valence-corrected chi connectivity index (χ0v) is 10.5. The standard InChI is InChI=1S/C13H15ClO3/c1-9(5-6-15)10-3-4-11(14)13-12(10)16-7-2-8-17-13/h3-4,6,9H,2,5,7-8H2,1H3. The van der Waals surface area contributed by atoms with Gasteiger partial charge in [0.2, 0.25) is 0 Å². The highest BCUT2D eigenvalue weighted by Gasteiger charge is 2.21. The Hall–Kier alpha value is -1.22. The average molecular weight is 255 g/mol. The molecule has 0 saturated heterocycles. The van der Waals surface area contributed by atoms with E-state index in [4.69, 9.17) is 21.1 Å². The average Bonchev–Trinajstić information content (AvgIpc) is 2.56. The number of hydrogen-bond acceptors (Lipinski definition) is 3. The maximum atomic E-state index is 10.6. The molecule has 0 aromatic heterocycles. The van der Waals surface area contributed by atoms with Crippen molar-refractivity contribution in [2.45, 2.75) is 25.7 Å². The largest absolute Gasteiger partial charge is 0.489 e. The molecular weight excluding hydrogens is 240 g/mol. The number of benzene rings is 1. The summed E-state index contributed by atoms with van der Waals surface area (Å²) < 4.78 is 11.3. The third-order valence-electron chi connectivity index (χ3n) is 2.86. The highest BCUT2D eigenvalue weighted by molar-refractivity contribution is 6.32. The number of halogens is 1. The van der Waals surface area contributed by atoms with Gasteiger partial charge in [0, 0.05) is 18.4 Å². The van der Waals surface area contributed by atoms with E-state index in [2.05, 4.69) is 0 Å². The predicted octanol–water partition coefficient (Wildman–Crippen LogP) is 3.19. The minimum absolute atomic E-state index is 0.111. The molecule has 1 aliphatic rings. The summed E-state index contributed by atoms with van der Waals surface area (Å²) >= 11 is 6.09. The Bertz CT molecular complexity index is 417. The van der Waals surface area contributed by atoms with E-state index in [-0.39, 0.29) is 5.92 Å². The second-order valence-electron chi connectivity index (χ2n) is 4.15. The van der Waals surface area contributed by atoms with E-state index < -0.39 is 0 Å². The second-order valence-corrected chi connectivity index (χ2v) is 4.56. The van der Waals surface area contributed by atoms with Crippen LogP contribution in [-0.2, 0) is 4.79 Å². The van der Waals surface area contributed by atoms with E-state index >= 15 is 0 Å². The van der Waals surface area contributed by atoms with Gasteiger partial charge in [-0.15, -0.1) is 0 Å². The van der Waals surface area contributed by atoms with Gasteiger partial charge in [-0.1, -0.05) is 24.6 Å². The molecule has 0 N–H and O–H groups in total. The third kappa shape index (κ3) is 2.55. The van der Waals surface area contributed by atoms with Crippen molar-refractivity contribution in [2.75, 3.05) is 13.2 Å². The number of ether oxygens (including phenoxy) is 2. The lowest BCUT2D eigenvalue weighted by Crippen LogP contribution is -2.01. The van der Waals surface area contributed by atoms with Crippen molar-refractivity contribution >= 4 is 17.9 Å². The molecule has 0 aliphatic carbocycles. The van der Waals surface area contributed by atoms with Gasteiger partial charge in [0.25, 0.3) is 0 Å². The maximum Gasteiger partial charge on any atom is 0.180 e. The molecule has 0 bridgehead atoms. The van der Waals surface area contributed by atoms with E-state index in [0.717, 1.165) is 18.3 Å². The first-order valence-corrected chi connectivity index (χ1v) is 6.13. The number of rotatable bonds is 3. The monoisotopic (exact) mass is 254 g/mol. The summed E-state index contributed by atoms with van der Waals surface area (Å²) in [5, 5.41) is 0.559. The number of carbonyl (C=O) groups is 1. The van der Waals surface area contributed by atoms with Crippen molar-refractivity contribution in [1.82, 2.24) is 0 Å². The van der Waals surface area contributed by atoms with Crippen LogP contribution in [0.25, 0.3) is 0 Å². The van der Waals surface area contributed by atoms with Crippen LogP contribution in [0.2, 0.25) is 5.02 Å². The Morgan fingerprint density at radius 2 is 2.06 bits per heavy atom. The van der Waals surface area contributed by atoms with Crippen LogP contribution >= 0.6 is 11.6 Å². The molecule has 17 heavy (non-hydrogen) atoms. The molecule has 0 saturated carbocycles. The first-order chi connectivity index (χ1) is 8.24. The van der Waals surface area contributed by atoms with Crippen LogP contribution in [0.1, 0.15) is 31.2 Å². The zero-order valence-electron chi connectivity index (χ0n) is 9.74. The van der Waals surface area contributed by atoms with E-state index in [9.17, 15) is 4.79 Å². The fourth-order valence-electron chi connectivity index (χ4n) is 1.90. The van der Waals surface area contributed by atoms with Gasteiger partial charge in [-0.3, -0.25) is 0 Å². The lowest BCUT2D eigenvalue weighted by Gasteiger charge is -2.17. The molecule has 0 amide bonds. The smallest absolute Gasteiger partial charge is 0.180 e. The van der Waals surface area contributed by atoms with Crippen LogP contribution in [0.3, 0.4) is 0 Å². The molecule has 2 rings (SSSR count). The molecule has 1 heterocycles. The SMILES string of the molecule is CC(CC=O)c1ccc(Cl)c2c1OCCCO2. The zero-order chi connectivity index (χ0) is 12.3. The van der Waals surface area contributed by atoms with Crippen molar-refractivity contribution in [2.24, 2.45) is 0 Å². The first-order valence-electron chi connectivity index (χ1n) is 5.75. The Morgan fingerprint density at radius 3 is 2.76 bits per heavy atom. The van der Waals surface area contributed by atoms with E-state index in [0.29, 0.717) is 36.2 Å². The summed E-state index contributed by atoms with van der Waals surface area (Å²) in [6, 6.07) is 3.70. The summed E-state index contributed by atoms with van der Waals surface area (Å²) in [4.78, 5) is 10.6. The molecule has 3 nitrogen and oxygen atoms in total. The highest BCUT2D eigenvalue weighted by atomic mass is 35.5. The van der Waals surface area contributed by atoms with Crippen molar-refractivity contribution in [3.8, 4) is 11.5 Å². The minimum Gasteiger partial charge on any atom is -0.489 e. The molecule has 0 fully saturated rings. The number of aldehydes is 1. The van der Waals surface area contributed by atoms with Gasteiger partial charge < -0.3 is 14.3 Å². The summed E-state index contributed by atoms with van der Waals surface area (Å²) in [6.45, 7) is 3.22. The Morgan fingerprint density at radius 1 is 1.35 bits per heavy atom. The van der Waals surface area contributed by atoms with Crippen LogP contribution in [0.4, 0.5) is 0 Å². The predicted molar refractivity (Wildman–Crippen MR) is 66.2 cm³/mol. The van der Waals surface area contributed by atoms with Crippen LogP contribution in [0.15, 0.2) is 12.1 Å². The topological polar surface area (TPSA) is 35.5 Å². The van der Waals surface area contributed by atoms with Crippen LogP contribution in [0.5, 0.6) is 11.5 Å². The van der Waals surface area contributed by atoms with Crippen molar-refractivity contribution in [3.63, 3.8) is 0 Å². The second kappa shape index (κ2) is 5.41. The summed E-state index contributed by atoms with van der Waals surface area (Å²) in [5.74, 6) is 1.42.